The van der Waals surface area contributed by atoms with Crippen molar-refractivity contribution in [1.82, 2.24) is 0 Å². The van der Waals surface area contributed by atoms with Crippen LogP contribution >= 0.6 is 11.8 Å². The number of rotatable bonds is 7. The Bertz CT molecular complexity index is 300. The molecule has 0 unspecified atom stereocenters. The van der Waals surface area contributed by atoms with Gasteiger partial charge in [0.2, 0.25) is 0 Å². The van der Waals surface area contributed by atoms with Crippen LogP contribution in [0.5, 0.6) is 0 Å². The predicted octanol–water partition coefficient (Wildman–Crippen LogP) is -0.0453. The number of carboxylic acids is 1. The molecular formula is C8H17NO4S2. The van der Waals surface area contributed by atoms with Gasteiger partial charge < -0.3 is 10.8 Å². The van der Waals surface area contributed by atoms with Crippen LogP contribution < -0.4 is 5.73 Å². The van der Waals surface area contributed by atoms with Crippen LogP contribution in [0.2, 0.25) is 0 Å². The number of nitrogens with two attached hydrogens (primary N) is 1. The summed E-state index contributed by atoms with van der Waals surface area (Å²) in [5, 5.41) is 8.09. The summed E-state index contributed by atoms with van der Waals surface area (Å²) in [6, 6.07) is -0.920. The molecular weight excluding hydrogens is 238 g/mol. The molecule has 0 spiro atoms. The lowest BCUT2D eigenvalue weighted by Crippen LogP contribution is -2.32. The van der Waals surface area contributed by atoms with Crippen LogP contribution in [0.25, 0.3) is 0 Å². The lowest BCUT2D eigenvalue weighted by Gasteiger charge is -2.08. The highest BCUT2D eigenvalue weighted by molar-refractivity contribution is 8.00. The first-order valence-corrected chi connectivity index (χ1v) is 7.42. The van der Waals surface area contributed by atoms with Gasteiger partial charge in [0, 0.05) is 11.5 Å². The zero-order valence-corrected chi connectivity index (χ0v) is 10.5. The maximum atomic E-state index is 11.3. The number of aliphatic carboxylic acids is 1. The van der Waals surface area contributed by atoms with Gasteiger partial charge in [-0.3, -0.25) is 4.79 Å². The minimum Gasteiger partial charge on any atom is -0.480 e. The van der Waals surface area contributed by atoms with Gasteiger partial charge in [-0.05, 0) is 13.8 Å². The average Bonchev–Trinajstić information content (AvgIpc) is 2.11. The molecule has 5 nitrogen and oxygen atoms in total. The van der Waals surface area contributed by atoms with Gasteiger partial charge in [-0.25, -0.2) is 8.42 Å². The van der Waals surface area contributed by atoms with Gasteiger partial charge in [0.1, 0.15) is 6.04 Å². The van der Waals surface area contributed by atoms with Gasteiger partial charge in [-0.1, -0.05) is 0 Å². The van der Waals surface area contributed by atoms with Gasteiger partial charge in [0.15, 0.2) is 9.84 Å². The number of hydrogen-bond donors (Lipinski definition) is 2. The molecule has 0 amide bonds. The second kappa shape index (κ2) is 6.34. The van der Waals surface area contributed by atoms with Gasteiger partial charge in [-0.2, -0.15) is 11.8 Å². The molecule has 0 rings (SSSR count). The number of carbonyl (C=O) groups is 1. The molecule has 15 heavy (non-hydrogen) atoms. The zero-order valence-electron chi connectivity index (χ0n) is 8.84. The Labute approximate surface area is 94.3 Å². The third kappa shape index (κ3) is 6.01. The fourth-order valence-corrected chi connectivity index (χ4v) is 3.13. The van der Waals surface area contributed by atoms with Crippen molar-refractivity contribution in [3.05, 3.63) is 0 Å². The van der Waals surface area contributed by atoms with Crippen molar-refractivity contribution in [3.8, 4) is 0 Å². The summed E-state index contributed by atoms with van der Waals surface area (Å²) in [5.74, 6) is -0.360. The van der Waals surface area contributed by atoms with Crippen LogP contribution in [0.4, 0.5) is 0 Å². The van der Waals surface area contributed by atoms with Gasteiger partial charge >= 0.3 is 5.97 Å². The monoisotopic (exact) mass is 255 g/mol. The van der Waals surface area contributed by atoms with E-state index in [0.717, 1.165) is 0 Å². The zero-order chi connectivity index (χ0) is 12.1. The summed E-state index contributed by atoms with van der Waals surface area (Å²) in [5.41, 5.74) is 5.26. The first kappa shape index (κ1) is 14.7. The van der Waals surface area contributed by atoms with Crippen molar-refractivity contribution in [2.75, 3.05) is 17.3 Å². The van der Waals surface area contributed by atoms with Crippen molar-refractivity contribution in [1.29, 1.82) is 0 Å². The van der Waals surface area contributed by atoms with E-state index in [1.165, 1.54) is 11.8 Å². The summed E-state index contributed by atoms with van der Waals surface area (Å²) in [6.07, 6.45) is 0. The standard InChI is InChI=1S/C8H17NO4S2/c1-6(2)15(12,13)4-3-14-5-7(9)8(10)11/h6-7H,3-5,9H2,1-2H3,(H,10,11)/t7-/m1/s1. The number of carboxylic acid groups (broad SMARTS) is 1. The van der Waals surface area contributed by atoms with E-state index in [4.69, 9.17) is 10.8 Å². The maximum Gasteiger partial charge on any atom is 0.321 e. The first-order chi connectivity index (χ1) is 6.77. The average molecular weight is 255 g/mol. The van der Waals surface area contributed by atoms with Gasteiger partial charge in [0.25, 0.3) is 0 Å². The highest BCUT2D eigenvalue weighted by atomic mass is 32.2. The van der Waals surface area contributed by atoms with Crippen LogP contribution in [0.15, 0.2) is 0 Å². The highest BCUT2D eigenvalue weighted by Gasteiger charge is 2.16. The van der Waals surface area contributed by atoms with Crippen molar-refractivity contribution in [3.63, 3.8) is 0 Å². The van der Waals surface area contributed by atoms with E-state index in [1.54, 1.807) is 13.8 Å². The Morgan fingerprint density at radius 3 is 2.40 bits per heavy atom. The van der Waals surface area contributed by atoms with Crippen LogP contribution in [0, 0.1) is 0 Å². The Morgan fingerprint density at radius 1 is 1.47 bits per heavy atom. The number of hydrogen-bond acceptors (Lipinski definition) is 5. The van der Waals surface area contributed by atoms with Crippen LogP contribution in [-0.4, -0.2) is 48.0 Å². The largest absolute Gasteiger partial charge is 0.480 e. The maximum absolute atomic E-state index is 11.3. The fraction of sp³-hybridized carbons (Fsp3) is 0.875. The molecule has 0 aliphatic heterocycles. The molecule has 1 atom stereocenters. The molecule has 7 heteroatoms. The predicted molar refractivity (Wildman–Crippen MR) is 61.9 cm³/mol. The molecule has 0 fully saturated rings. The summed E-state index contributed by atoms with van der Waals surface area (Å²) < 4.78 is 22.7. The smallest absolute Gasteiger partial charge is 0.321 e. The van der Waals surface area contributed by atoms with E-state index in [9.17, 15) is 13.2 Å². The van der Waals surface area contributed by atoms with Gasteiger partial charge in [-0.15, -0.1) is 0 Å². The van der Waals surface area contributed by atoms with E-state index < -0.39 is 21.8 Å². The SMILES string of the molecule is CC(C)S(=O)(=O)CCSC[C@@H](N)C(=O)O. The van der Waals surface area contributed by atoms with E-state index in [-0.39, 0.29) is 16.8 Å². The lowest BCUT2D eigenvalue weighted by molar-refractivity contribution is -0.137. The van der Waals surface area contributed by atoms with Crippen molar-refractivity contribution >= 4 is 27.6 Å². The fourth-order valence-electron chi connectivity index (χ4n) is 0.692. The number of thioether (sulfide) groups is 1. The molecule has 0 aromatic rings. The van der Waals surface area contributed by atoms with Gasteiger partial charge in [0.05, 0.1) is 11.0 Å². The molecule has 0 saturated carbocycles. The molecule has 90 valence electrons. The quantitative estimate of drug-likeness (QED) is 0.619. The molecule has 0 aromatic heterocycles. The minimum atomic E-state index is -3.03. The summed E-state index contributed by atoms with van der Waals surface area (Å²) >= 11 is 1.25. The molecule has 0 aromatic carbocycles. The van der Waals surface area contributed by atoms with Crippen LogP contribution in [0.1, 0.15) is 13.8 Å². The third-order valence-electron chi connectivity index (χ3n) is 1.85. The Kier molecular flexibility index (Phi) is 6.23. The topological polar surface area (TPSA) is 97.5 Å². The molecule has 0 aliphatic carbocycles. The Morgan fingerprint density at radius 2 is 2.00 bits per heavy atom. The van der Waals surface area contributed by atoms with Crippen molar-refractivity contribution in [2.45, 2.75) is 25.1 Å². The van der Waals surface area contributed by atoms with Crippen molar-refractivity contribution < 1.29 is 18.3 Å². The first-order valence-electron chi connectivity index (χ1n) is 4.55. The van der Waals surface area contributed by atoms with Crippen LogP contribution in [-0.2, 0) is 14.6 Å². The molecule has 0 radical (unpaired) electrons. The van der Waals surface area contributed by atoms with E-state index in [1.807, 2.05) is 0 Å². The summed E-state index contributed by atoms with van der Waals surface area (Å²) in [6.45, 7) is 3.26. The summed E-state index contributed by atoms with van der Waals surface area (Å²) in [7, 11) is -3.03. The molecule has 0 bridgehead atoms. The Balaban J connectivity index is 3.78. The molecule has 0 saturated heterocycles. The van der Waals surface area contributed by atoms with E-state index in [0.29, 0.717) is 5.75 Å². The third-order valence-corrected chi connectivity index (χ3v) is 5.40. The highest BCUT2D eigenvalue weighted by Crippen LogP contribution is 2.07. The normalized spacial score (nSPS) is 14.1. The summed E-state index contributed by atoms with van der Waals surface area (Å²) in [4.78, 5) is 10.3. The number of sulfone groups is 1. The van der Waals surface area contributed by atoms with Crippen LogP contribution in [0.3, 0.4) is 0 Å². The molecule has 0 aliphatic rings. The lowest BCUT2D eigenvalue weighted by atomic mass is 10.4. The second-order valence-electron chi connectivity index (χ2n) is 3.44. The van der Waals surface area contributed by atoms with E-state index >= 15 is 0 Å². The molecule has 3 N–H and O–H groups in total. The minimum absolute atomic E-state index is 0.0711. The second-order valence-corrected chi connectivity index (χ2v) is 7.26. The molecule has 0 heterocycles. The Hall–Kier alpha value is -0.270. The van der Waals surface area contributed by atoms with E-state index in [2.05, 4.69) is 0 Å². The van der Waals surface area contributed by atoms with Crippen molar-refractivity contribution in [2.24, 2.45) is 5.73 Å².